The Kier molecular flexibility index (Phi) is 3.43. The molecule has 0 atom stereocenters. The topological polar surface area (TPSA) is 75.2 Å². The van der Waals surface area contributed by atoms with Crippen LogP contribution in [0.25, 0.3) is 10.9 Å². The van der Waals surface area contributed by atoms with E-state index in [-0.39, 0.29) is 12.2 Å². The van der Waals surface area contributed by atoms with Crippen LogP contribution in [0.5, 0.6) is 5.75 Å². The molecule has 0 saturated carbocycles. The average Bonchev–Trinajstić information content (AvgIpc) is 2.64. The lowest BCUT2D eigenvalue weighted by molar-refractivity contribution is 0.0685. The number of ether oxygens (including phenoxy) is 1. The van der Waals surface area contributed by atoms with Crippen LogP contribution in [0, 0.1) is 18.3 Å². The first-order valence-electron chi connectivity index (χ1n) is 5.96. The Morgan fingerprint density at radius 1 is 1.53 bits per heavy atom. The second kappa shape index (κ2) is 5.02. The maximum absolute atomic E-state index is 11.3. The summed E-state index contributed by atoms with van der Waals surface area (Å²) in [5, 5.41) is 18.9. The molecular weight excluding hydrogens is 244 g/mol. The third-order valence-electron chi connectivity index (χ3n) is 3.03. The standard InChI is InChI=1S/C14H14N2O3/c1-3-19-10-4-5-12-11(8-10)9(2)13(14(17)18)16(12)7-6-15/h4-5,8H,3,7H2,1-2H3,(H,17,18). The molecule has 0 radical (unpaired) electrons. The fourth-order valence-electron chi connectivity index (χ4n) is 2.27. The number of carboxylic acids is 1. The van der Waals surface area contributed by atoms with Crippen LogP contribution in [0.3, 0.4) is 0 Å². The van der Waals surface area contributed by atoms with Crippen LogP contribution in [0.2, 0.25) is 0 Å². The number of aryl methyl sites for hydroxylation is 1. The zero-order valence-corrected chi connectivity index (χ0v) is 10.8. The van der Waals surface area contributed by atoms with Gasteiger partial charge >= 0.3 is 5.97 Å². The number of rotatable bonds is 4. The number of hydrogen-bond donors (Lipinski definition) is 1. The molecule has 0 aliphatic heterocycles. The highest BCUT2D eigenvalue weighted by molar-refractivity contribution is 5.98. The van der Waals surface area contributed by atoms with E-state index in [1.54, 1.807) is 19.1 Å². The van der Waals surface area contributed by atoms with E-state index >= 15 is 0 Å². The molecule has 0 aliphatic rings. The number of aromatic carboxylic acids is 1. The molecule has 0 aliphatic carbocycles. The van der Waals surface area contributed by atoms with Crippen molar-refractivity contribution in [1.29, 1.82) is 5.26 Å². The summed E-state index contributed by atoms with van der Waals surface area (Å²) in [6.45, 7) is 4.20. The first-order valence-corrected chi connectivity index (χ1v) is 5.96. The summed E-state index contributed by atoms with van der Waals surface area (Å²) in [6, 6.07) is 7.38. The molecule has 98 valence electrons. The van der Waals surface area contributed by atoms with Crippen LogP contribution >= 0.6 is 0 Å². The first-order chi connectivity index (χ1) is 9.10. The Morgan fingerprint density at radius 3 is 2.84 bits per heavy atom. The molecule has 0 unspecified atom stereocenters. The van der Waals surface area contributed by atoms with Crippen molar-refractivity contribution in [2.24, 2.45) is 0 Å². The van der Waals surface area contributed by atoms with Crippen molar-refractivity contribution in [1.82, 2.24) is 4.57 Å². The van der Waals surface area contributed by atoms with Gasteiger partial charge in [-0.05, 0) is 37.6 Å². The normalized spacial score (nSPS) is 10.4. The lowest BCUT2D eigenvalue weighted by atomic mass is 10.1. The number of nitrogens with zero attached hydrogens (tertiary/aromatic N) is 2. The lowest BCUT2D eigenvalue weighted by Crippen LogP contribution is -2.08. The van der Waals surface area contributed by atoms with E-state index in [2.05, 4.69) is 0 Å². The Morgan fingerprint density at radius 2 is 2.26 bits per heavy atom. The van der Waals surface area contributed by atoms with Crippen molar-refractivity contribution in [2.45, 2.75) is 20.4 Å². The van der Waals surface area contributed by atoms with Crippen LogP contribution in [-0.2, 0) is 6.54 Å². The zero-order valence-electron chi connectivity index (χ0n) is 10.8. The van der Waals surface area contributed by atoms with Gasteiger partial charge in [-0.3, -0.25) is 0 Å². The highest BCUT2D eigenvalue weighted by Gasteiger charge is 2.19. The van der Waals surface area contributed by atoms with Gasteiger partial charge < -0.3 is 14.4 Å². The van der Waals surface area contributed by atoms with Crippen LogP contribution in [-0.4, -0.2) is 22.2 Å². The average molecular weight is 258 g/mol. The minimum absolute atomic E-state index is 0.0138. The summed E-state index contributed by atoms with van der Waals surface area (Å²) in [4.78, 5) is 11.3. The van der Waals surface area contributed by atoms with E-state index in [1.807, 2.05) is 19.1 Å². The quantitative estimate of drug-likeness (QED) is 0.914. The number of nitriles is 1. The summed E-state index contributed by atoms with van der Waals surface area (Å²) < 4.78 is 6.93. The maximum Gasteiger partial charge on any atom is 0.352 e. The third-order valence-corrected chi connectivity index (χ3v) is 3.03. The van der Waals surface area contributed by atoms with Gasteiger partial charge in [-0.1, -0.05) is 0 Å². The van der Waals surface area contributed by atoms with Crippen LogP contribution in [0.4, 0.5) is 0 Å². The molecule has 1 heterocycles. The second-order valence-electron chi connectivity index (χ2n) is 4.13. The molecule has 0 bridgehead atoms. The summed E-state index contributed by atoms with van der Waals surface area (Å²) in [5.41, 5.74) is 1.55. The smallest absolute Gasteiger partial charge is 0.352 e. The van der Waals surface area contributed by atoms with E-state index in [1.165, 1.54) is 4.57 Å². The molecule has 19 heavy (non-hydrogen) atoms. The highest BCUT2D eigenvalue weighted by atomic mass is 16.5. The van der Waals surface area contributed by atoms with Crippen LogP contribution in [0.1, 0.15) is 23.0 Å². The van der Waals surface area contributed by atoms with E-state index in [4.69, 9.17) is 10.00 Å². The summed E-state index contributed by atoms with van der Waals surface area (Å²) in [7, 11) is 0. The van der Waals surface area contributed by atoms with Crippen molar-refractivity contribution in [2.75, 3.05) is 6.61 Å². The van der Waals surface area contributed by atoms with E-state index in [9.17, 15) is 9.90 Å². The number of carbonyl (C=O) groups is 1. The fraction of sp³-hybridized carbons (Fsp3) is 0.286. The Bertz CT molecular complexity index is 680. The first kappa shape index (κ1) is 13.0. The van der Waals surface area contributed by atoms with Gasteiger partial charge in [0, 0.05) is 5.39 Å². The van der Waals surface area contributed by atoms with Crippen LogP contribution < -0.4 is 4.74 Å². The summed E-state index contributed by atoms with van der Waals surface area (Å²) in [6.07, 6.45) is 0. The van der Waals surface area contributed by atoms with Gasteiger partial charge in [-0.2, -0.15) is 5.26 Å². The Balaban J connectivity index is 2.73. The molecule has 1 aromatic carbocycles. The van der Waals surface area contributed by atoms with Gasteiger partial charge in [0.25, 0.3) is 0 Å². The molecule has 5 heteroatoms. The van der Waals surface area contributed by atoms with Gasteiger partial charge in [0.2, 0.25) is 0 Å². The molecule has 0 fully saturated rings. The van der Waals surface area contributed by atoms with E-state index in [0.29, 0.717) is 17.9 Å². The van der Waals surface area contributed by atoms with Crippen molar-refractivity contribution >= 4 is 16.9 Å². The van der Waals surface area contributed by atoms with Crippen molar-refractivity contribution in [3.05, 3.63) is 29.5 Å². The number of hydrogen-bond acceptors (Lipinski definition) is 3. The minimum atomic E-state index is -1.03. The lowest BCUT2D eigenvalue weighted by Gasteiger charge is -2.04. The number of aromatic nitrogens is 1. The van der Waals surface area contributed by atoms with Gasteiger partial charge in [-0.25, -0.2) is 4.79 Å². The predicted molar refractivity (Wildman–Crippen MR) is 70.4 cm³/mol. The molecule has 2 aromatic rings. The largest absolute Gasteiger partial charge is 0.494 e. The Labute approximate surface area is 110 Å². The second-order valence-corrected chi connectivity index (χ2v) is 4.13. The van der Waals surface area contributed by atoms with Crippen molar-refractivity contribution in [3.8, 4) is 11.8 Å². The molecule has 0 spiro atoms. The van der Waals surface area contributed by atoms with Gasteiger partial charge in [-0.15, -0.1) is 0 Å². The predicted octanol–water partition coefficient (Wildman–Crippen LogP) is 2.57. The SMILES string of the molecule is CCOc1ccc2c(c1)c(C)c(C(=O)O)n2CC#N. The molecule has 1 N–H and O–H groups in total. The number of fused-ring (bicyclic) bond motifs is 1. The minimum Gasteiger partial charge on any atom is -0.494 e. The molecule has 2 rings (SSSR count). The summed E-state index contributed by atoms with van der Waals surface area (Å²) >= 11 is 0. The monoisotopic (exact) mass is 258 g/mol. The molecule has 0 amide bonds. The highest BCUT2D eigenvalue weighted by Crippen LogP contribution is 2.29. The van der Waals surface area contributed by atoms with Crippen LogP contribution in [0.15, 0.2) is 18.2 Å². The molecule has 1 aromatic heterocycles. The zero-order chi connectivity index (χ0) is 14.0. The fourth-order valence-corrected chi connectivity index (χ4v) is 2.27. The molecule has 0 saturated heterocycles. The van der Waals surface area contributed by atoms with Gasteiger partial charge in [0.15, 0.2) is 0 Å². The molecular formula is C14H14N2O3. The number of carboxylic acid groups (broad SMARTS) is 1. The van der Waals surface area contributed by atoms with Crippen molar-refractivity contribution in [3.63, 3.8) is 0 Å². The number of benzene rings is 1. The van der Waals surface area contributed by atoms with Gasteiger partial charge in [0.05, 0.1) is 18.2 Å². The van der Waals surface area contributed by atoms with Crippen molar-refractivity contribution < 1.29 is 14.6 Å². The van der Waals surface area contributed by atoms with Gasteiger partial charge in [0.1, 0.15) is 18.0 Å². The molecule has 5 nitrogen and oxygen atoms in total. The summed E-state index contributed by atoms with van der Waals surface area (Å²) in [5.74, 6) is -0.328. The van der Waals surface area contributed by atoms with E-state index < -0.39 is 5.97 Å². The Hall–Kier alpha value is -2.48. The third kappa shape index (κ3) is 2.13. The maximum atomic E-state index is 11.3. The van der Waals surface area contributed by atoms with E-state index in [0.717, 1.165) is 10.9 Å².